The molecule has 0 saturated carbocycles. The van der Waals surface area contributed by atoms with E-state index in [2.05, 4.69) is 18.8 Å². The highest BCUT2D eigenvalue weighted by Gasteiger charge is 2.12. The fourth-order valence-electron chi connectivity index (χ4n) is 1.22. The minimum atomic E-state index is -1.01. The van der Waals surface area contributed by atoms with Gasteiger partial charge in [-0.1, -0.05) is 13.8 Å². The van der Waals surface area contributed by atoms with Crippen molar-refractivity contribution in [2.24, 2.45) is 5.92 Å². The molecule has 0 unspecified atom stereocenters. The van der Waals surface area contributed by atoms with Gasteiger partial charge in [0.15, 0.2) is 0 Å². The number of pyridine rings is 1. The third-order valence-electron chi connectivity index (χ3n) is 2.19. The van der Waals surface area contributed by atoms with E-state index in [1.54, 1.807) is 13.0 Å². The van der Waals surface area contributed by atoms with Crippen molar-refractivity contribution in [1.82, 2.24) is 4.98 Å². The van der Waals surface area contributed by atoms with Crippen molar-refractivity contribution in [3.05, 3.63) is 23.5 Å². The second-order valence-electron chi connectivity index (χ2n) is 4.16. The number of ether oxygens (including phenoxy) is 1. The van der Waals surface area contributed by atoms with E-state index in [-0.39, 0.29) is 5.56 Å². The average Bonchev–Trinajstić information content (AvgIpc) is 2.16. The van der Waals surface area contributed by atoms with Crippen molar-refractivity contribution in [3.63, 3.8) is 0 Å². The van der Waals surface area contributed by atoms with Gasteiger partial charge >= 0.3 is 5.97 Å². The lowest BCUT2D eigenvalue weighted by Gasteiger charge is -2.10. The van der Waals surface area contributed by atoms with Crippen LogP contribution in [0.15, 0.2) is 12.3 Å². The minimum Gasteiger partial charge on any atom is -0.493 e. The lowest BCUT2D eigenvalue weighted by atomic mass is 10.1. The Hall–Kier alpha value is -1.58. The topological polar surface area (TPSA) is 59.4 Å². The van der Waals surface area contributed by atoms with E-state index in [1.807, 2.05) is 0 Å². The van der Waals surface area contributed by atoms with Crippen molar-refractivity contribution < 1.29 is 14.6 Å². The molecule has 1 aromatic rings. The van der Waals surface area contributed by atoms with E-state index in [0.29, 0.717) is 18.3 Å². The second kappa shape index (κ2) is 5.49. The summed E-state index contributed by atoms with van der Waals surface area (Å²) >= 11 is 0. The number of nitrogens with zero attached hydrogens (tertiary/aromatic N) is 1. The van der Waals surface area contributed by atoms with Crippen molar-refractivity contribution >= 4 is 5.97 Å². The van der Waals surface area contributed by atoms with Crippen LogP contribution in [-0.4, -0.2) is 22.7 Å². The molecule has 0 spiro atoms. The number of rotatable bonds is 5. The van der Waals surface area contributed by atoms with Crippen LogP contribution in [0.5, 0.6) is 5.75 Å². The number of hydrogen-bond acceptors (Lipinski definition) is 3. The van der Waals surface area contributed by atoms with E-state index in [4.69, 9.17) is 9.84 Å². The lowest BCUT2D eigenvalue weighted by Crippen LogP contribution is -2.07. The smallest absolute Gasteiger partial charge is 0.341 e. The standard InChI is InChI=1S/C12H17NO3/c1-8(2)4-5-16-11-6-9(3)13-7-10(11)12(14)15/h6-8H,4-5H2,1-3H3,(H,14,15). The SMILES string of the molecule is Cc1cc(OCCC(C)C)c(C(=O)O)cn1. The highest BCUT2D eigenvalue weighted by Crippen LogP contribution is 2.19. The first-order chi connectivity index (χ1) is 7.50. The molecule has 0 aliphatic carbocycles. The van der Waals surface area contributed by atoms with Gasteiger partial charge in [0.2, 0.25) is 0 Å². The molecule has 0 bridgehead atoms. The van der Waals surface area contributed by atoms with Gasteiger partial charge in [-0.15, -0.1) is 0 Å². The monoisotopic (exact) mass is 223 g/mol. The van der Waals surface area contributed by atoms with Crippen LogP contribution >= 0.6 is 0 Å². The summed E-state index contributed by atoms with van der Waals surface area (Å²) in [6.07, 6.45) is 2.24. The molecule has 16 heavy (non-hydrogen) atoms. The van der Waals surface area contributed by atoms with Gasteiger partial charge in [-0.25, -0.2) is 4.79 Å². The van der Waals surface area contributed by atoms with E-state index in [1.165, 1.54) is 6.20 Å². The number of aromatic nitrogens is 1. The van der Waals surface area contributed by atoms with Crippen LogP contribution in [0.2, 0.25) is 0 Å². The minimum absolute atomic E-state index is 0.120. The Bertz CT molecular complexity index is 375. The van der Waals surface area contributed by atoms with Gasteiger partial charge in [-0.3, -0.25) is 4.98 Å². The van der Waals surface area contributed by atoms with Crippen LogP contribution in [0.25, 0.3) is 0 Å². The van der Waals surface area contributed by atoms with Gasteiger partial charge in [0.1, 0.15) is 11.3 Å². The van der Waals surface area contributed by atoms with E-state index in [0.717, 1.165) is 12.1 Å². The maximum absolute atomic E-state index is 10.9. The van der Waals surface area contributed by atoms with Crippen molar-refractivity contribution in [1.29, 1.82) is 0 Å². The Kier molecular flexibility index (Phi) is 4.28. The average molecular weight is 223 g/mol. The van der Waals surface area contributed by atoms with Crippen molar-refractivity contribution in [2.45, 2.75) is 27.2 Å². The Balaban J connectivity index is 2.76. The van der Waals surface area contributed by atoms with Gasteiger partial charge in [0.05, 0.1) is 6.61 Å². The highest BCUT2D eigenvalue weighted by molar-refractivity contribution is 5.90. The second-order valence-corrected chi connectivity index (χ2v) is 4.16. The molecule has 1 heterocycles. The zero-order valence-corrected chi connectivity index (χ0v) is 9.86. The predicted octanol–water partition coefficient (Wildman–Crippen LogP) is 2.51. The van der Waals surface area contributed by atoms with E-state index in [9.17, 15) is 4.79 Å². The fourth-order valence-corrected chi connectivity index (χ4v) is 1.22. The zero-order chi connectivity index (χ0) is 12.1. The summed E-state index contributed by atoms with van der Waals surface area (Å²) in [5.74, 6) is -0.0658. The highest BCUT2D eigenvalue weighted by atomic mass is 16.5. The van der Waals surface area contributed by atoms with Gasteiger partial charge in [-0.2, -0.15) is 0 Å². The van der Waals surface area contributed by atoms with Crippen LogP contribution in [0, 0.1) is 12.8 Å². The molecule has 0 aliphatic rings. The maximum Gasteiger partial charge on any atom is 0.341 e. The van der Waals surface area contributed by atoms with Crippen LogP contribution < -0.4 is 4.74 Å². The molecule has 88 valence electrons. The largest absolute Gasteiger partial charge is 0.493 e. The number of hydrogen-bond donors (Lipinski definition) is 1. The quantitative estimate of drug-likeness (QED) is 0.833. The summed E-state index contributed by atoms with van der Waals surface area (Å²) in [5.41, 5.74) is 0.874. The predicted molar refractivity (Wildman–Crippen MR) is 60.9 cm³/mol. The van der Waals surface area contributed by atoms with Gasteiger partial charge in [0.25, 0.3) is 0 Å². The van der Waals surface area contributed by atoms with Gasteiger partial charge in [-0.05, 0) is 19.3 Å². The van der Waals surface area contributed by atoms with Crippen molar-refractivity contribution in [3.8, 4) is 5.75 Å². The summed E-state index contributed by atoms with van der Waals surface area (Å²) in [6, 6.07) is 1.66. The van der Waals surface area contributed by atoms with Crippen molar-refractivity contribution in [2.75, 3.05) is 6.61 Å². The summed E-state index contributed by atoms with van der Waals surface area (Å²) < 4.78 is 5.47. The summed E-state index contributed by atoms with van der Waals surface area (Å²) in [7, 11) is 0. The molecule has 1 N–H and O–H groups in total. The molecule has 0 amide bonds. The number of carboxylic acid groups (broad SMARTS) is 1. The Morgan fingerprint density at radius 2 is 2.25 bits per heavy atom. The third kappa shape index (κ3) is 3.53. The van der Waals surface area contributed by atoms with Crippen LogP contribution in [0.4, 0.5) is 0 Å². The zero-order valence-electron chi connectivity index (χ0n) is 9.86. The lowest BCUT2D eigenvalue weighted by molar-refractivity contribution is 0.0691. The summed E-state index contributed by atoms with van der Waals surface area (Å²) in [6.45, 7) is 6.53. The molecule has 1 rings (SSSR count). The Morgan fingerprint density at radius 3 is 2.81 bits per heavy atom. The molecule has 4 heteroatoms. The normalized spacial score (nSPS) is 10.5. The molecule has 0 atom stereocenters. The third-order valence-corrected chi connectivity index (χ3v) is 2.19. The maximum atomic E-state index is 10.9. The van der Waals surface area contributed by atoms with E-state index < -0.39 is 5.97 Å². The Morgan fingerprint density at radius 1 is 1.56 bits per heavy atom. The molecule has 0 aliphatic heterocycles. The van der Waals surface area contributed by atoms with E-state index >= 15 is 0 Å². The first-order valence-electron chi connectivity index (χ1n) is 5.33. The number of aryl methyl sites for hydroxylation is 1. The van der Waals surface area contributed by atoms with Gasteiger partial charge in [0, 0.05) is 18.0 Å². The molecule has 1 aromatic heterocycles. The molecule has 0 radical (unpaired) electrons. The summed E-state index contributed by atoms with van der Waals surface area (Å²) in [5, 5.41) is 8.95. The summed E-state index contributed by atoms with van der Waals surface area (Å²) in [4.78, 5) is 14.9. The molecular weight excluding hydrogens is 206 g/mol. The molecular formula is C12H17NO3. The van der Waals surface area contributed by atoms with Crippen LogP contribution in [-0.2, 0) is 0 Å². The number of carbonyl (C=O) groups is 1. The first kappa shape index (κ1) is 12.5. The molecule has 0 fully saturated rings. The number of carboxylic acids is 1. The van der Waals surface area contributed by atoms with Crippen LogP contribution in [0.3, 0.4) is 0 Å². The van der Waals surface area contributed by atoms with Gasteiger partial charge < -0.3 is 9.84 Å². The Labute approximate surface area is 95.3 Å². The fraction of sp³-hybridized carbons (Fsp3) is 0.500. The molecule has 4 nitrogen and oxygen atoms in total. The molecule has 0 saturated heterocycles. The first-order valence-corrected chi connectivity index (χ1v) is 5.33. The van der Waals surface area contributed by atoms with Crippen LogP contribution in [0.1, 0.15) is 36.3 Å². The number of aromatic carboxylic acids is 1. The molecule has 0 aromatic carbocycles.